The minimum absolute atomic E-state index is 0.0493. The van der Waals surface area contributed by atoms with E-state index < -0.39 is 47.0 Å². The van der Waals surface area contributed by atoms with Crippen molar-refractivity contribution in [3.63, 3.8) is 0 Å². The number of aryl methyl sites for hydroxylation is 10. The zero-order chi connectivity index (χ0) is 72.6. The molecule has 0 atom stereocenters. The molecular formula is C77H86N3+3. The van der Waals surface area contributed by atoms with Crippen molar-refractivity contribution in [1.82, 2.24) is 0 Å². The van der Waals surface area contributed by atoms with Gasteiger partial charge in [-0.2, -0.15) is 0 Å². The van der Waals surface area contributed by atoms with E-state index in [1.807, 2.05) is 84.2 Å². The van der Waals surface area contributed by atoms with Gasteiger partial charge in [-0.05, 0) is 237 Å². The molecule has 3 aromatic heterocycles. The van der Waals surface area contributed by atoms with Crippen LogP contribution in [-0.2, 0) is 46.8 Å². The highest BCUT2D eigenvalue weighted by Gasteiger charge is 2.30. The molecule has 0 unspecified atom stereocenters. The summed E-state index contributed by atoms with van der Waals surface area (Å²) < 4.78 is 156. The molecule has 1 saturated carbocycles. The zero-order valence-corrected chi connectivity index (χ0v) is 48.1. The maximum atomic E-state index is 9.10. The SMILES string of the molecule is [2H]C([2H])([2H])c1ccc2c(c1)Cc1c-2ccc(-c2cc(C)c(C([2H])([2H])[2H])c[n+]2C)c1C.[2H]C([2H])([2H])c1ccc2c(c1)Cc1c-2ccc(-c2cc(C3([2H])CCCC3)c(C([2H])([2H])[2H])c[n+]2C)c1C.[2H]C([2H])([2H])c1ccc2c(c1)Cc1c-2ccc(-c2cc(CC(C)(C)C)c(C([2H])([2H])[2H])c[n+]2C)c1C. The van der Waals surface area contributed by atoms with Crippen molar-refractivity contribution in [2.45, 2.75) is 147 Å². The summed E-state index contributed by atoms with van der Waals surface area (Å²) in [5.74, 6) is -0.876. The fourth-order valence-electron chi connectivity index (χ4n) is 13.1. The van der Waals surface area contributed by atoms with E-state index in [1.54, 1.807) is 48.9 Å². The van der Waals surface area contributed by atoms with E-state index in [4.69, 9.17) is 26.0 Å². The smallest absolute Gasteiger partial charge is 0.201 e. The molecule has 0 amide bonds. The van der Waals surface area contributed by atoms with Gasteiger partial charge in [0.05, 0.1) is 0 Å². The average Bonchev–Trinajstić information content (AvgIpc) is 1.70. The maximum Gasteiger partial charge on any atom is 0.212 e. The molecule has 6 aromatic carbocycles. The Bertz CT molecular complexity index is 4720. The van der Waals surface area contributed by atoms with Crippen LogP contribution in [0.3, 0.4) is 0 Å². The predicted octanol–water partition coefficient (Wildman–Crippen LogP) is 17.6. The summed E-state index contributed by atoms with van der Waals surface area (Å²) >= 11 is 0. The molecule has 4 aliphatic carbocycles. The van der Waals surface area contributed by atoms with E-state index in [1.165, 1.54) is 16.7 Å². The van der Waals surface area contributed by atoms with Crippen LogP contribution in [0.4, 0.5) is 0 Å². The van der Waals surface area contributed by atoms with Gasteiger partial charge in [0.15, 0.2) is 18.6 Å². The Morgan fingerprint density at radius 2 is 0.800 bits per heavy atom. The van der Waals surface area contributed by atoms with Crippen molar-refractivity contribution in [3.8, 4) is 67.2 Å². The molecule has 0 N–H and O–H groups in total. The van der Waals surface area contributed by atoms with Gasteiger partial charge < -0.3 is 0 Å². The topological polar surface area (TPSA) is 11.6 Å². The van der Waals surface area contributed by atoms with Gasteiger partial charge in [-0.3, -0.25) is 0 Å². The quantitative estimate of drug-likeness (QED) is 0.152. The van der Waals surface area contributed by atoms with Crippen molar-refractivity contribution in [1.29, 1.82) is 0 Å². The molecule has 4 aliphatic rings. The second kappa shape index (κ2) is 21.3. The minimum atomic E-state index is -2.28. The van der Waals surface area contributed by atoms with Crippen LogP contribution in [0.5, 0.6) is 0 Å². The van der Waals surface area contributed by atoms with Gasteiger partial charge in [-0.15, -0.1) is 0 Å². The van der Waals surface area contributed by atoms with Gasteiger partial charge in [0.25, 0.3) is 0 Å². The summed E-state index contributed by atoms with van der Waals surface area (Å²) in [6.07, 6.45) is 11.1. The van der Waals surface area contributed by atoms with Crippen LogP contribution in [-0.4, -0.2) is 0 Å². The molecule has 3 heterocycles. The van der Waals surface area contributed by atoms with Crippen LogP contribution < -0.4 is 13.7 Å². The highest BCUT2D eigenvalue weighted by molar-refractivity contribution is 5.85. The minimum Gasteiger partial charge on any atom is -0.201 e. The van der Waals surface area contributed by atoms with Gasteiger partial charge in [0, 0.05) is 77.6 Å². The van der Waals surface area contributed by atoms with Gasteiger partial charge in [-0.1, -0.05) is 123 Å². The van der Waals surface area contributed by atoms with Gasteiger partial charge in [-0.25, -0.2) is 13.7 Å². The molecule has 3 nitrogen and oxygen atoms in total. The van der Waals surface area contributed by atoms with Crippen molar-refractivity contribution < 1.29 is 39.7 Å². The van der Waals surface area contributed by atoms with Crippen molar-refractivity contribution >= 4 is 0 Å². The van der Waals surface area contributed by atoms with E-state index in [9.17, 15) is 0 Å². The van der Waals surface area contributed by atoms with E-state index in [0.717, 1.165) is 125 Å². The predicted molar refractivity (Wildman–Crippen MR) is 336 cm³/mol. The van der Waals surface area contributed by atoms with Crippen LogP contribution in [0.15, 0.2) is 128 Å². The summed E-state index contributed by atoms with van der Waals surface area (Å²) in [7, 11) is 5.63. The lowest BCUT2D eigenvalue weighted by Gasteiger charge is -2.20. The van der Waals surface area contributed by atoms with Crippen molar-refractivity contribution in [2.75, 3.05) is 0 Å². The first-order valence-corrected chi connectivity index (χ1v) is 28.1. The molecule has 1 fully saturated rings. The standard InChI is InChI=1S/C27H30N.C27H32N.C23H24N/c1-17-9-10-23-21(13-17)14-26-19(3)22(11-12-24(23)26)27-15-25(18(2)16-28(27)4)20-7-5-6-8-20;1-17-8-9-23-20(12-17)13-25-19(3)22(10-11-24(23)25)26-14-21(15-27(4,5)6)18(2)16-28(26)7;1-14-6-7-20-18(10-14)12-22-17(4)19(8-9-21(20)22)23-11-15(2)16(3)13-24(23)5/h9-13,15-16,20H,5-8,14H2,1-4H3;8-12,14,16H,13,15H2,1-7H3;6-11,13H,12H2,1-5H3/q3*+1/i1D3,2D3,20D;1D3,2D3;1D3,3D3. The monoisotopic (exact) mass is 1070 g/mol. The molecule has 0 saturated heterocycles. The molecule has 406 valence electrons. The van der Waals surface area contributed by atoms with E-state index in [-0.39, 0.29) is 11.0 Å². The van der Waals surface area contributed by atoms with E-state index in [2.05, 4.69) is 77.9 Å². The Labute approximate surface area is 506 Å². The molecule has 80 heavy (non-hydrogen) atoms. The Morgan fingerprint density at radius 3 is 1.21 bits per heavy atom. The van der Waals surface area contributed by atoms with Crippen LogP contribution in [0.25, 0.3) is 67.2 Å². The maximum absolute atomic E-state index is 9.10. The third kappa shape index (κ3) is 10.3. The first-order valence-electron chi connectivity index (χ1n) is 37.6. The Morgan fingerprint density at radius 1 is 0.425 bits per heavy atom. The summed E-state index contributed by atoms with van der Waals surface area (Å²) in [5, 5.41) is 0. The summed E-state index contributed by atoms with van der Waals surface area (Å²) in [6, 6.07) is 34.7. The number of pyridine rings is 3. The first kappa shape index (κ1) is 36.2. The number of aromatic nitrogens is 3. The molecule has 0 spiro atoms. The third-order valence-electron chi connectivity index (χ3n) is 17.3. The number of nitrogens with zero attached hydrogens (tertiary/aromatic N) is 3. The molecule has 0 aliphatic heterocycles. The Balaban J connectivity index is 0.000000150. The summed E-state index contributed by atoms with van der Waals surface area (Å²) in [4.78, 5) is 0. The van der Waals surface area contributed by atoms with Crippen LogP contribution in [0, 0.1) is 74.2 Å². The molecule has 9 aromatic rings. The zero-order valence-electron chi connectivity index (χ0n) is 67.1. The van der Waals surface area contributed by atoms with Crippen LogP contribution in [0.1, 0.15) is 179 Å². The van der Waals surface area contributed by atoms with E-state index >= 15 is 0 Å². The summed E-state index contributed by atoms with van der Waals surface area (Å²) in [5.41, 5.74) is 27.0. The number of hydrogen-bond donors (Lipinski definition) is 0. The lowest BCUT2D eigenvalue weighted by Crippen LogP contribution is -2.32. The van der Waals surface area contributed by atoms with E-state index in [0.29, 0.717) is 71.9 Å². The molecular weight excluding hydrogens is 967 g/mol. The first-order chi connectivity index (χ1) is 45.7. The molecule has 3 heteroatoms. The third-order valence-corrected chi connectivity index (χ3v) is 17.3. The highest BCUT2D eigenvalue weighted by Crippen LogP contribution is 2.45. The summed E-state index contributed by atoms with van der Waals surface area (Å²) in [6.45, 7) is 1.49. The van der Waals surface area contributed by atoms with Crippen LogP contribution in [0.2, 0.25) is 0 Å². The Hall–Kier alpha value is -7.23. The number of benzene rings is 6. The number of hydrogen-bond acceptors (Lipinski definition) is 0. The number of fused-ring (bicyclic) bond motifs is 9. The van der Waals surface area contributed by atoms with Crippen LogP contribution >= 0.6 is 0 Å². The van der Waals surface area contributed by atoms with Gasteiger partial charge in [0.1, 0.15) is 21.1 Å². The van der Waals surface area contributed by atoms with Gasteiger partial charge in [0.2, 0.25) is 17.1 Å². The molecule has 13 rings (SSSR count). The largest absolute Gasteiger partial charge is 0.212 e. The lowest BCUT2D eigenvalue weighted by molar-refractivity contribution is -0.660. The van der Waals surface area contributed by atoms with Crippen molar-refractivity contribution in [2.24, 2.45) is 26.6 Å². The molecule has 0 bridgehead atoms. The normalized spacial score (nSPS) is 18.5. The second-order valence-electron chi connectivity index (χ2n) is 24.2. The fourth-order valence-corrected chi connectivity index (χ4v) is 13.1. The number of rotatable bonds is 5. The second-order valence-corrected chi connectivity index (χ2v) is 24.2. The molecule has 0 radical (unpaired) electrons. The lowest BCUT2D eigenvalue weighted by atomic mass is 9.86. The van der Waals surface area contributed by atoms with Crippen molar-refractivity contribution in [3.05, 3.63) is 228 Å². The van der Waals surface area contributed by atoms with Gasteiger partial charge >= 0.3 is 0 Å². The Kier molecular flexibility index (Phi) is 9.66. The average molecular weight is 1070 g/mol. The fraction of sp³-hybridized carbons (Fsp3) is 0.338. The highest BCUT2D eigenvalue weighted by atomic mass is 14.9.